The first kappa shape index (κ1) is 15.1. The van der Waals surface area contributed by atoms with Crippen LogP contribution in [-0.4, -0.2) is 22.9 Å². The molecule has 0 spiro atoms. The van der Waals surface area contributed by atoms with Gasteiger partial charge in [-0.3, -0.25) is 0 Å². The summed E-state index contributed by atoms with van der Waals surface area (Å²) in [7, 11) is 0. The molecule has 2 heterocycles. The fourth-order valence-electron chi connectivity index (χ4n) is 4.02. The zero-order chi connectivity index (χ0) is 15.3. The molecule has 1 aromatic heterocycles. The first-order valence-corrected chi connectivity index (χ1v) is 8.24. The highest BCUT2D eigenvalue weighted by molar-refractivity contribution is 5.33. The largest absolute Gasteiger partial charge is 0.388 e. The Labute approximate surface area is 128 Å². The first-order chi connectivity index (χ1) is 9.80. The molecule has 1 saturated heterocycles. The van der Waals surface area contributed by atoms with Crippen molar-refractivity contribution in [1.82, 2.24) is 4.57 Å². The van der Waals surface area contributed by atoms with Gasteiger partial charge in [-0.1, -0.05) is 20.8 Å². The predicted octanol–water partition coefficient (Wildman–Crippen LogP) is 3.62. The van der Waals surface area contributed by atoms with Crippen molar-refractivity contribution >= 4 is 0 Å². The van der Waals surface area contributed by atoms with E-state index in [4.69, 9.17) is 4.74 Å². The zero-order valence-corrected chi connectivity index (χ0v) is 13.9. The fourth-order valence-corrected chi connectivity index (χ4v) is 4.02. The zero-order valence-electron chi connectivity index (χ0n) is 13.9. The Morgan fingerprint density at radius 1 is 1.29 bits per heavy atom. The Hall–Kier alpha value is -0.800. The molecule has 1 aromatic rings. The van der Waals surface area contributed by atoms with Gasteiger partial charge < -0.3 is 14.4 Å². The Balaban J connectivity index is 1.93. The molecule has 1 N–H and O–H groups in total. The van der Waals surface area contributed by atoms with E-state index in [0.717, 1.165) is 45.4 Å². The number of fused-ring (bicyclic) bond motifs is 1. The summed E-state index contributed by atoms with van der Waals surface area (Å²) >= 11 is 0. The standard InChI is InChI=1S/C18H29NO2/c1-13-9-14-15(10-17(2,3)11-16(14)20)19(13)12-18(4)5-7-21-8-6-18/h9,16,20H,5-8,10-12H2,1-4H3. The van der Waals surface area contributed by atoms with E-state index in [1.54, 1.807) is 0 Å². The minimum Gasteiger partial charge on any atom is -0.388 e. The third-order valence-corrected chi connectivity index (χ3v) is 5.44. The van der Waals surface area contributed by atoms with Gasteiger partial charge in [0.25, 0.3) is 0 Å². The van der Waals surface area contributed by atoms with Crippen molar-refractivity contribution in [2.24, 2.45) is 10.8 Å². The number of aryl methyl sites for hydroxylation is 1. The van der Waals surface area contributed by atoms with E-state index in [2.05, 4.69) is 38.3 Å². The minimum absolute atomic E-state index is 0.186. The number of aliphatic hydroxyl groups is 1. The monoisotopic (exact) mass is 291 g/mol. The summed E-state index contributed by atoms with van der Waals surface area (Å²) < 4.78 is 8.00. The molecule has 0 bridgehead atoms. The number of nitrogens with zero attached hydrogens (tertiary/aromatic N) is 1. The van der Waals surface area contributed by atoms with Gasteiger partial charge in [0.05, 0.1) is 6.10 Å². The predicted molar refractivity (Wildman–Crippen MR) is 84.4 cm³/mol. The normalized spacial score (nSPS) is 27.4. The van der Waals surface area contributed by atoms with Crippen molar-refractivity contribution in [1.29, 1.82) is 0 Å². The van der Waals surface area contributed by atoms with Gasteiger partial charge in [0, 0.05) is 36.7 Å². The number of aromatic nitrogens is 1. The highest BCUT2D eigenvalue weighted by Gasteiger charge is 2.36. The molecule has 3 nitrogen and oxygen atoms in total. The lowest BCUT2D eigenvalue weighted by Gasteiger charge is -2.38. The second-order valence-electron chi connectivity index (χ2n) is 8.26. The number of hydrogen-bond acceptors (Lipinski definition) is 2. The van der Waals surface area contributed by atoms with E-state index in [0.29, 0.717) is 5.41 Å². The fraction of sp³-hybridized carbons (Fsp3) is 0.778. The summed E-state index contributed by atoms with van der Waals surface area (Å²) in [4.78, 5) is 0. The lowest BCUT2D eigenvalue weighted by Crippen LogP contribution is -2.33. The van der Waals surface area contributed by atoms with Crippen LogP contribution in [0, 0.1) is 17.8 Å². The van der Waals surface area contributed by atoms with Crippen molar-refractivity contribution in [3.8, 4) is 0 Å². The Kier molecular flexibility index (Phi) is 3.69. The number of hydrogen-bond donors (Lipinski definition) is 1. The summed E-state index contributed by atoms with van der Waals surface area (Å²) in [6.07, 6.45) is 3.90. The summed E-state index contributed by atoms with van der Waals surface area (Å²) in [5, 5.41) is 10.5. The third-order valence-electron chi connectivity index (χ3n) is 5.44. The van der Waals surface area contributed by atoms with E-state index in [1.165, 1.54) is 17.0 Å². The second kappa shape index (κ2) is 5.13. The number of rotatable bonds is 2. The summed E-state index contributed by atoms with van der Waals surface area (Å²) in [5.41, 5.74) is 4.34. The van der Waals surface area contributed by atoms with Crippen LogP contribution in [0.25, 0.3) is 0 Å². The van der Waals surface area contributed by atoms with Gasteiger partial charge in [-0.2, -0.15) is 0 Å². The molecule has 0 amide bonds. The molecule has 21 heavy (non-hydrogen) atoms. The molecule has 1 fully saturated rings. The van der Waals surface area contributed by atoms with E-state index in [1.807, 2.05) is 0 Å². The maximum atomic E-state index is 10.5. The molecule has 3 heteroatoms. The minimum atomic E-state index is -0.300. The molecule has 1 aliphatic carbocycles. The summed E-state index contributed by atoms with van der Waals surface area (Å²) in [6.45, 7) is 11.9. The van der Waals surface area contributed by atoms with E-state index >= 15 is 0 Å². The van der Waals surface area contributed by atoms with Gasteiger partial charge in [0.1, 0.15) is 0 Å². The van der Waals surface area contributed by atoms with Crippen LogP contribution < -0.4 is 0 Å². The maximum absolute atomic E-state index is 10.5. The van der Waals surface area contributed by atoms with Crippen LogP contribution in [0.5, 0.6) is 0 Å². The van der Waals surface area contributed by atoms with Crippen molar-refractivity contribution < 1.29 is 9.84 Å². The average Bonchev–Trinajstić information content (AvgIpc) is 2.67. The Morgan fingerprint density at radius 2 is 1.95 bits per heavy atom. The average molecular weight is 291 g/mol. The van der Waals surface area contributed by atoms with Crippen molar-refractivity contribution in [3.05, 3.63) is 23.0 Å². The first-order valence-electron chi connectivity index (χ1n) is 8.24. The van der Waals surface area contributed by atoms with Crippen LogP contribution in [0.2, 0.25) is 0 Å². The van der Waals surface area contributed by atoms with E-state index in [9.17, 15) is 5.11 Å². The van der Waals surface area contributed by atoms with Crippen LogP contribution in [0.15, 0.2) is 6.07 Å². The summed E-state index contributed by atoms with van der Waals surface area (Å²) in [6, 6.07) is 2.21. The molecular weight excluding hydrogens is 262 g/mol. The molecule has 2 aliphatic rings. The second-order valence-corrected chi connectivity index (χ2v) is 8.26. The third kappa shape index (κ3) is 2.91. The van der Waals surface area contributed by atoms with Crippen molar-refractivity contribution in [2.75, 3.05) is 13.2 Å². The molecule has 1 aliphatic heterocycles. The van der Waals surface area contributed by atoms with Crippen LogP contribution >= 0.6 is 0 Å². The Bertz CT molecular complexity index is 524. The molecule has 118 valence electrons. The van der Waals surface area contributed by atoms with Gasteiger partial charge in [0.2, 0.25) is 0 Å². The van der Waals surface area contributed by atoms with E-state index in [-0.39, 0.29) is 11.5 Å². The van der Waals surface area contributed by atoms with Gasteiger partial charge in [-0.25, -0.2) is 0 Å². The molecule has 0 saturated carbocycles. The molecule has 0 radical (unpaired) electrons. The number of aliphatic hydroxyl groups excluding tert-OH is 1. The topological polar surface area (TPSA) is 34.4 Å². The van der Waals surface area contributed by atoms with Gasteiger partial charge >= 0.3 is 0 Å². The Morgan fingerprint density at radius 3 is 2.62 bits per heavy atom. The highest BCUT2D eigenvalue weighted by atomic mass is 16.5. The summed E-state index contributed by atoms with van der Waals surface area (Å²) in [5.74, 6) is 0. The van der Waals surface area contributed by atoms with Crippen LogP contribution in [-0.2, 0) is 17.7 Å². The van der Waals surface area contributed by atoms with E-state index < -0.39 is 0 Å². The lowest BCUT2D eigenvalue weighted by atomic mass is 9.75. The molecule has 0 aromatic carbocycles. The smallest absolute Gasteiger partial charge is 0.0812 e. The molecular formula is C18H29NO2. The van der Waals surface area contributed by atoms with Gasteiger partial charge in [-0.15, -0.1) is 0 Å². The molecule has 1 atom stereocenters. The molecule has 3 rings (SSSR count). The quantitative estimate of drug-likeness (QED) is 0.903. The highest BCUT2D eigenvalue weighted by Crippen LogP contribution is 2.43. The van der Waals surface area contributed by atoms with Crippen LogP contribution in [0.1, 0.15) is 63.1 Å². The van der Waals surface area contributed by atoms with Crippen LogP contribution in [0.3, 0.4) is 0 Å². The number of ether oxygens (including phenoxy) is 1. The molecule has 1 unspecified atom stereocenters. The maximum Gasteiger partial charge on any atom is 0.0812 e. The van der Waals surface area contributed by atoms with Crippen molar-refractivity contribution in [3.63, 3.8) is 0 Å². The van der Waals surface area contributed by atoms with Gasteiger partial charge in [-0.05, 0) is 49.5 Å². The van der Waals surface area contributed by atoms with Crippen LogP contribution in [0.4, 0.5) is 0 Å². The lowest BCUT2D eigenvalue weighted by molar-refractivity contribution is 0.0142. The van der Waals surface area contributed by atoms with Crippen molar-refractivity contribution in [2.45, 2.75) is 66.0 Å². The SMILES string of the molecule is Cc1cc2c(n1CC1(C)CCOCC1)CC(C)(C)CC2O. The van der Waals surface area contributed by atoms with Gasteiger partial charge in [0.15, 0.2) is 0 Å².